The van der Waals surface area contributed by atoms with Crippen molar-refractivity contribution in [2.75, 3.05) is 14.2 Å². The highest BCUT2D eigenvalue weighted by Crippen LogP contribution is 2.37. The second-order valence-corrected chi connectivity index (χ2v) is 6.87. The van der Waals surface area contributed by atoms with Gasteiger partial charge in [0.1, 0.15) is 5.75 Å². The van der Waals surface area contributed by atoms with Gasteiger partial charge in [-0.1, -0.05) is 18.2 Å². The molecule has 0 unspecified atom stereocenters. The molecule has 0 aliphatic heterocycles. The fraction of sp³-hybridized carbons (Fsp3) is 0.429. The van der Waals surface area contributed by atoms with Crippen molar-refractivity contribution in [1.29, 1.82) is 0 Å². The zero-order valence-electron chi connectivity index (χ0n) is 15.5. The molecule has 0 saturated carbocycles. The van der Waals surface area contributed by atoms with E-state index in [1.54, 1.807) is 38.5 Å². The van der Waals surface area contributed by atoms with E-state index in [1.165, 1.54) is 11.1 Å². The minimum absolute atomic E-state index is 0.0914. The summed E-state index contributed by atoms with van der Waals surface area (Å²) in [6, 6.07) is 11.0. The van der Waals surface area contributed by atoms with Crippen molar-refractivity contribution in [1.82, 2.24) is 5.32 Å². The van der Waals surface area contributed by atoms with Gasteiger partial charge in [0.05, 0.1) is 20.3 Å². The SMILES string of the molecule is COc1ccc2c(c1OC)CC[C@H](N[C@H](C)[C@@H](O)c1ccc(O)cc1)C2. The van der Waals surface area contributed by atoms with Crippen molar-refractivity contribution in [3.63, 3.8) is 0 Å². The summed E-state index contributed by atoms with van der Waals surface area (Å²) in [5.41, 5.74) is 3.28. The molecule has 1 aliphatic carbocycles. The van der Waals surface area contributed by atoms with Gasteiger partial charge in [0, 0.05) is 17.6 Å². The van der Waals surface area contributed by atoms with Crippen molar-refractivity contribution in [3.8, 4) is 17.2 Å². The molecule has 5 heteroatoms. The Labute approximate surface area is 154 Å². The molecule has 0 bridgehead atoms. The molecule has 2 aromatic carbocycles. The van der Waals surface area contributed by atoms with E-state index < -0.39 is 6.10 Å². The van der Waals surface area contributed by atoms with Gasteiger partial charge in [-0.3, -0.25) is 0 Å². The van der Waals surface area contributed by atoms with Crippen LogP contribution in [0.2, 0.25) is 0 Å². The Hall–Kier alpha value is -2.24. The molecule has 0 amide bonds. The summed E-state index contributed by atoms with van der Waals surface area (Å²) in [5, 5.41) is 23.5. The van der Waals surface area contributed by atoms with Crippen LogP contribution in [0, 0.1) is 0 Å². The number of rotatable bonds is 6. The molecule has 0 radical (unpaired) electrons. The third-order valence-corrected chi connectivity index (χ3v) is 5.16. The van der Waals surface area contributed by atoms with E-state index in [0.717, 1.165) is 36.3 Å². The van der Waals surface area contributed by atoms with Crippen LogP contribution in [0.4, 0.5) is 0 Å². The normalized spacial score (nSPS) is 18.7. The van der Waals surface area contributed by atoms with E-state index in [1.807, 2.05) is 13.0 Å². The standard InChI is InChI=1S/C21H27NO4/c1-13(20(24)14-4-8-17(23)9-5-14)22-16-7-10-18-15(12-16)6-11-19(25-2)21(18)26-3/h4-6,8-9,11,13,16,20,22-24H,7,10,12H2,1-3H3/t13-,16+,20-/m1/s1. The molecule has 3 N–H and O–H groups in total. The second kappa shape index (κ2) is 7.98. The molecular weight excluding hydrogens is 330 g/mol. The predicted molar refractivity (Wildman–Crippen MR) is 101 cm³/mol. The molecule has 1 aliphatic rings. The number of aliphatic hydroxyl groups is 1. The summed E-state index contributed by atoms with van der Waals surface area (Å²) < 4.78 is 10.9. The summed E-state index contributed by atoms with van der Waals surface area (Å²) in [7, 11) is 3.34. The lowest BCUT2D eigenvalue weighted by Gasteiger charge is -2.31. The number of ether oxygens (including phenoxy) is 2. The van der Waals surface area contributed by atoms with Crippen LogP contribution >= 0.6 is 0 Å². The first-order valence-electron chi connectivity index (χ1n) is 8.99. The number of fused-ring (bicyclic) bond motifs is 1. The van der Waals surface area contributed by atoms with E-state index in [9.17, 15) is 10.2 Å². The number of benzene rings is 2. The maximum absolute atomic E-state index is 10.6. The Balaban J connectivity index is 1.68. The molecule has 2 aromatic rings. The zero-order chi connectivity index (χ0) is 18.7. The van der Waals surface area contributed by atoms with Crippen molar-refractivity contribution in [3.05, 3.63) is 53.1 Å². The molecule has 0 heterocycles. The molecule has 3 atom stereocenters. The van der Waals surface area contributed by atoms with Gasteiger partial charge in [-0.15, -0.1) is 0 Å². The van der Waals surface area contributed by atoms with E-state index in [2.05, 4.69) is 11.4 Å². The monoisotopic (exact) mass is 357 g/mol. The predicted octanol–water partition coefficient (Wildman–Crippen LogP) is 2.98. The minimum atomic E-state index is -0.623. The van der Waals surface area contributed by atoms with Crippen molar-refractivity contribution in [2.24, 2.45) is 0 Å². The van der Waals surface area contributed by atoms with Gasteiger partial charge in [0.15, 0.2) is 11.5 Å². The van der Waals surface area contributed by atoms with Crippen molar-refractivity contribution >= 4 is 0 Å². The Morgan fingerprint density at radius 1 is 1.08 bits per heavy atom. The third-order valence-electron chi connectivity index (χ3n) is 5.16. The van der Waals surface area contributed by atoms with Gasteiger partial charge in [-0.25, -0.2) is 0 Å². The van der Waals surface area contributed by atoms with Crippen LogP contribution in [0.1, 0.15) is 36.1 Å². The van der Waals surface area contributed by atoms with E-state index in [0.29, 0.717) is 6.04 Å². The summed E-state index contributed by atoms with van der Waals surface area (Å²) >= 11 is 0. The maximum Gasteiger partial charge on any atom is 0.164 e. The lowest BCUT2D eigenvalue weighted by molar-refractivity contribution is 0.127. The number of aromatic hydroxyl groups is 1. The fourth-order valence-electron chi connectivity index (χ4n) is 3.75. The van der Waals surface area contributed by atoms with Gasteiger partial charge in [0.25, 0.3) is 0 Å². The smallest absolute Gasteiger partial charge is 0.164 e. The fourth-order valence-corrected chi connectivity index (χ4v) is 3.75. The van der Waals surface area contributed by atoms with E-state index >= 15 is 0 Å². The number of hydrogen-bond donors (Lipinski definition) is 3. The van der Waals surface area contributed by atoms with E-state index in [-0.39, 0.29) is 11.8 Å². The summed E-state index contributed by atoms with van der Waals surface area (Å²) in [4.78, 5) is 0. The molecule has 140 valence electrons. The summed E-state index contributed by atoms with van der Waals surface area (Å²) in [5.74, 6) is 1.81. The lowest BCUT2D eigenvalue weighted by atomic mass is 9.86. The molecule has 3 rings (SSSR count). The largest absolute Gasteiger partial charge is 0.508 e. The molecule has 0 spiro atoms. The van der Waals surface area contributed by atoms with Crippen molar-refractivity contribution < 1.29 is 19.7 Å². The summed E-state index contributed by atoms with van der Waals surface area (Å²) in [6.45, 7) is 1.99. The van der Waals surface area contributed by atoms with Crippen LogP contribution in [0.3, 0.4) is 0 Å². The Morgan fingerprint density at radius 2 is 1.81 bits per heavy atom. The maximum atomic E-state index is 10.6. The van der Waals surface area contributed by atoms with E-state index in [4.69, 9.17) is 9.47 Å². The number of phenols is 1. The first kappa shape index (κ1) is 18.5. The molecule has 0 aromatic heterocycles. The highest BCUT2D eigenvalue weighted by Gasteiger charge is 2.26. The average molecular weight is 357 g/mol. The molecule has 0 saturated heterocycles. The third kappa shape index (κ3) is 3.79. The number of phenolic OH excluding ortho intramolecular Hbond substituents is 1. The van der Waals surface area contributed by atoms with Crippen LogP contribution < -0.4 is 14.8 Å². The van der Waals surface area contributed by atoms with Crippen molar-refractivity contribution in [2.45, 2.75) is 44.4 Å². The van der Waals surface area contributed by atoms with Gasteiger partial charge in [0.2, 0.25) is 0 Å². The van der Waals surface area contributed by atoms with Crippen LogP contribution in [0.15, 0.2) is 36.4 Å². The topological polar surface area (TPSA) is 71.0 Å². The average Bonchev–Trinajstić information content (AvgIpc) is 2.66. The Morgan fingerprint density at radius 3 is 2.46 bits per heavy atom. The van der Waals surface area contributed by atoms with Gasteiger partial charge in [-0.2, -0.15) is 0 Å². The Kier molecular flexibility index (Phi) is 5.69. The molecule has 5 nitrogen and oxygen atoms in total. The quantitative estimate of drug-likeness (QED) is 0.741. The Bertz CT molecular complexity index is 744. The molecule has 26 heavy (non-hydrogen) atoms. The number of aliphatic hydroxyl groups excluding tert-OH is 1. The van der Waals surface area contributed by atoms with Gasteiger partial charge in [-0.05, 0) is 55.5 Å². The van der Waals surface area contributed by atoms with Crippen LogP contribution in [-0.4, -0.2) is 36.5 Å². The van der Waals surface area contributed by atoms with Gasteiger partial charge >= 0.3 is 0 Å². The number of methoxy groups -OCH3 is 2. The lowest BCUT2D eigenvalue weighted by Crippen LogP contribution is -2.43. The van der Waals surface area contributed by atoms with Crippen LogP contribution in [0.5, 0.6) is 17.2 Å². The van der Waals surface area contributed by atoms with Gasteiger partial charge < -0.3 is 25.0 Å². The number of nitrogens with one attached hydrogen (secondary N) is 1. The second-order valence-electron chi connectivity index (χ2n) is 6.87. The summed E-state index contributed by atoms with van der Waals surface area (Å²) in [6.07, 6.45) is 2.16. The molecule has 0 fully saturated rings. The van der Waals surface area contributed by atoms with Crippen LogP contribution in [0.25, 0.3) is 0 Å². The van der Waals surface area contributed by atoms with Crippen LogP contribution in [-0.2, 0) is 12.8 Å². The zero-order valence-corrected chi connectivity index (χ0v) is 15.5. The minimum Gasteiger partial charge on any atom is -0.508 e. The highest BCUT2D eigenvalue weighted by atomic mass is 16.5. The first-order valence-corrected chi connectivity index (χ1v) is 8.99. The first-order chi connectivity index (χ1) is 12.5. The number of hydrogen-bond acceptors (Lipinski definition) is 5. The highest BCUT2D eigenvalue weighted by molar-refractivity contribution is 5.52. The molecular formula is C21H27NO4.